The quantitative estimate of drug-likeness (QED) is 0.559. The molecule has 0 aliphatic carbocycles. The van der Waals surface area contributed by atoms with E-state index in [0.29, 0.717) is 13.2 Å². The zero-order valence-corrected chi connectivity index (χ0v) is 8.63. The molecule has 1 heterocycles. The summed E-state index contributed by atoms with van der Waals surface area (Å²) < 4.78 is 4.84. The average molecular weight is 202 g/mol. The Morgan fingerprint density at radius 3 is 3.08 bits per heavy atom. The van der Waals surface area contributed by atoms with Crippen molar-refractivity contribution >= 4 is 11.3 Å². The molecular formula is C8H14N2O2S. The summed E-state index contributed by atoms with van der Waals surface area (Å²) in [7, 11) is 1.65. The van der Waals surface area contributed by atoms with Crippen LogP contribution in [0.3, 0.4) is 0 Å². The van der Waals surface area contributed by atoms with Crippen LogP contribution in [0.5, 0.6) is 0 Å². The summed E-state index contributed by atoms with van der Waals surface area (Å²) in [6.45, 7) is 3.14. The first-order chi connectivity index (χ1) is 6.34. The molecule has 0 aliphatic heterocycles. The van der Waals surface area contributed by atoms with Crippen LogP contribution in [0.25, 0.3) is 0 Å². The molecule has 1 unspecified atom stereocenters. The third-order valence-corrected chi connectivity index (χ3v) is 2.15. The van der Waals surface area contributed by atoms with Crippen molar-refractivity contribution in [2.24, 2.45) is 0 Å². The van der Waals surface area contributed by atoms with Gasteiger partial charge in [-0.1, -0.05) is 0 Å². The van der Waals surface area contributed by atoms with Crippen LogP contribution in [0.4, 0.5) is 0 Å². The number of nitrogens with one attached hydrogen (secondary N) is 1. The Hall–Kier alpha value is -0.490. The molecule has 0 saturated carbocycles. The van der Waals surface area contributed by atoms with Crippen molar-refractivity contribution < 1.29 is 9.57 Å². The number of thiazole rings is 1. The van der Waals surface area contributed by atoms with Crippen molar-refractivity contribution in [3.63, 3.8) is 0 Å². The van der Waals surface area contributed by atoms with Gasteiger partial charge in [-0.25, -0.2) is 4.98 Å². The monoisotopic (exact) mass is 202 g/mol. The zero-order chi connectivity index (χ0) is 9.52. The number of nitrogens with zero attached hydrogens (tertiary/aromatic N) is 1. The van der Waals surface area contributed by atoms with Gasteiger partial charge in [0, 0.05) is 12.5 Å². The highest BCUT2D eigenvalue weighted by atomic mass is 32.1. The number of hydrogen-bond acceptors (Lipinski definition) is 5. The topological polar surface area (TPSA) is 43.4 Å². The summed E-state index contributed by atoms with van der Waals surface area (Å²) in [5.41, 5.74) is 5.69. The standard InChI is InChI=1S/C8H14N2O2S/c1-7(8-5-13-6-9-8)10-12-4-3-11-2/h5-7,10H,3-4H2,1-2H3. The van der Waals surface area contributed by atoms with Gasteiger partial charge in [0.25, 0.3) is 0 Å². The van der Waals surface area contributed by atoms with E-state index in [0.717, 1.165) is 5.69 Å². The van der Waals surface area contributed by atoms with Crippen LogP contribution >= 0.6 is 11.3 Å². The molecule has 1 atom stereocenters. The molecule has 0 fully saturated rings. The van der Waals surface area contributed by atoms with Crippen molar-refractivity contribution in [3.8, 4) is 0 Å². The number of methoxy groups -OCH3 is 1. The summed E-state index contributed by atoms with van der Waals surface area (Å²) >= 11 is 1.58. The second-order valence-electron chi connectivity index (χ2n) is 2.59. The van der Waals surface area contributed by atoms with Gasteiger partial charge in [-0.3, -0.25) is 4.84 Å². The summed E-state index contributed by atoms with van der Waals surface area (Å²) in [6, 6.07) is 0.128. The number of rotatable bonds is 6. The Labute approximate surface area is 81.8 Å². The normalized spacial score (nSPS) is 13.1. The minimum atomic E-state index is 0.128. The van der Waals surface area contributed by atoms with Gasteiger partial charge in [0.1, 0.15) is 0 Å². The molecule has 74 valence electrons. The van der Waals surface area contributed by atoms with Crippen LogP contribution in [-0.2, 0) is 9.57 Å². The van der Waals surface area contributed by atoms with Crippen LogP contribution < -0.4 is 5.48 Å². The lowest BCUT2D eigenvalue weighted by molar-refractivity contribution is -0.00981. The highest BCUT2D eigenvalue weighted by Crippen LogP contribution is 2.11. The second-order valence-corrected chi connectivity index (χ2v) is 3.31. The van der Waals surface area contributed by atoms with Crippen LogP contribution in [0.15, 0.2) is 10.9 Å². The highest BCUT2D eigenvalue weighted by molar-refractivity contribution is 7.07. The van der Waals surface area contributed by atoms with E-state index in [9.17, 15) is 0 Å². The Bertz CT molecular complexity index is 216. The molecule has 0 radical (unpaired) electrons. The van der Waals surface area contributed by atoms with Gasteiger partial charge in [-0.05, 0) is 6.92 Å². The van der Waals surface area contributed by atoms with E-state index < -0.39 is 0 Å². The van der Waals surface area contributed by atoms with Gasteiger partial charge in [-0.15, -0.1) is 11.3 Å². The van der Waals surface area contributed by atoms with E-state index in [1.165, 1.54) is 0 Å². The fourth-order valence-corrected chi connectivity index (χ4v) is 1.45. The zero-order valence-electron chi connectivity index (χ0n) is 7.82. The molecule has 1 rings (SSSR count). The lowest BCUT2D eigenvalue weighted by Crippen LogP contribution is -2.21. The maximum atomic E-state index is 5.15. The predicted molar refractivity (Wildman–Crippen MR) is 51.5 cm³/mol. The van der Waals surface area contributed by atoms with Gasteiger partial charge in [0.15, 0.2) is 0 Å². The third kappa shape index (κ3) is 3.82. The lowest BCUT2D eigenvalue weighted by Gasteiger charge is -2.10. The predicted octanol–water partition coefficient (Wildman–Crippen LogP) is 1.37. The van der Waals surface area contributed by atoms with Crippen molar-refractivity contribution in [3.05, 3.63) is 16.6 Å². The number of aromatic nitrogens is 1. The van der Waals surface area contributed by atoms with Crippen LogP contribution in [0.1, 0.15) is 18.7 Å². The summed E-state index contributed by atoms with van der Waals surface area (Å²) in [5.74, 6) is 0. The van der Waals surface area contributed by atoms with Crippen molar-refractivity contribution in [1.29, 1.82) is 0 Å². The highest BCUT2D eigenvalue weighted by Gasteiger charge is 2.05. The molecule has 0 aliphatic rings. The number of hydroxylamine groups is 1. The average Bonchev–Trinajstić information content (AvgIpc) is 2.65. The fraction of sp³-hybridized carbons (Fsp3) is 0.625. The molecule has 5 heteroatoms. The van der Waals surface area contributed by atoms with E-state index in [1.54, 1.807) is 18.4 Å². The van der Waals surface area contributed by atoms with Crippen molar-refractivity contribution in [1.82, 2.24) is 10.5 Å². The second kappa shape index (κ2) is 6.04. The van der Waals surface area contributed by atoms with E-state index >= 15 is 0 Å². The molecule has 1 N–H and O–H groups in total. The van der Waals surface area contributed by atoms with Gasteiger partial charge in [0.05, 0.1) is 30.5 Å². The first-order valence-corrected chi connectivity index (χ1v) is 5.03. The van der Waals surface area contributed by atoms with Crippen LogP contribution in [-0.4, -0.2) is 25.3 Å². The van der Waals surface area contributed by atoms with Crippen LogP contribution in [0, 0.1) is 0 Å². The summed E-state index contributed by atoms with van der Waals surface area (Å²) in [6.07, 6.45) is 0. The molecule has 0 bridgehead atoms. The number of hydrogen-bond donors (Lipinski definition) is 1. The molecule has 13 heavy (non-hydrogen) atoms. The number of ether oxygens (including phenoxy) is 1. The van der Waals surface area contributed by atoms with Gasteiger partial charge >= 0.3 is 0 Å². The van der Waals surface area contributed by atoms with E-state index in [-0.39, 0.29) is 6.04 Å². The first kappa shape index (κ1) is 10.6. The van der Waals surface area contributed by atoms with E-state index in [2.05, 4.69) is 10.5 Å². The minimum absolute atomic E-state index is 0.128. The van der Waals surface area contributed by atoms with Gasteiger partial charge < -0.3 is 4.74 Å². The molecule has 4 nitrogen and oxygen atoms in total. The first-order valence-electron chi connectivity index (χ1n) is 4.09. The third-order valence-electron chi connectivity index (χ3n) is 1.54. The molecule has 0 amide bonds. The molecule has 1 aromatic heterocycles. The minimum Gasteiger partial charge on any atom is -0.382 e. The summed E-state index contributed by atoms with van der Waals surface area (Å²) in [4.78, 5) is 9.31. The van der Waals surface area contributed by atoms with Crippen LogP contribution in [0.2, 0.25) is 0 Å². The fourth-order valence-electron chi connectivity index (χ4n) is 0.805. The Kier molecular flexibility index (Phi) is 4.92. The Morgan fingerprint density at radius 1 is 1.62 bits per heavy atom. The van der Waals surface area contributed by atoms with E-state index in [4.69, 9.17) is 9.57 Å². The summed E-state index contributed by atoms with van der Waals surface area (Å²) in [5, 5.41) is 2.00. The molecular weight excluding hydrogens is 188 g/mol. The maximum Gasteiger partial charge on any atom is 0.0916 e. The molecule has 0 saturated heterocycles. The van der Waals surface area contributed by atoms with Crippen molar-refractivity contribution in [2.75, 3.05) is 20.3 Å². The Morgan fingerprint density at radius 2 is 2.46 bits per heavy atom. The molecule has 1 aromatic rings. The molecule has 0 spiro atoms. The van der Waals surface area contributed by atoms with Gasteiger partial charge in [-0.2, -0.15) is 5.48 Å². The van der Waals surface area contributed by atoms with Gasteiger partial charge in [0.2, 0.25) is 0 Å². The SMILES string of the molecule is COCCONC(C)c1cscn1. The Balaban J connectivity index is 2.15. The molecule has 0 aromatic carbocycles. The van der Waals surface area contributed by atoms with E-state index in [1.807, 2.05) is 17.8 Å². The lowest BCUT2D eigenvalue weighted by atomic mass is 10.3. The van der Waals surface area contributed by atoms with Crippen molar-refractivity contribution in [2.45, 2.75) is 13.0 Å². The maximum absolute atomic E-state index is 5.15. The largest absolute Gasteiger partial charge is 0.382 e. The smallest absolute Gasteiger partial charge is 0.0916 e.